The van der Waals surface area contributed by atoms with Gasteiger partial charge in [0.15, 0.2) is 0 Å². The van der Waals surface area contributed by atoms with Crippen LogP contribution in [-0.2, 0) is 14.8 Å². The molecule has 0 radical (unpaired) electrons. The summed E-state index contributed by atoms with van der Waals surface area (Å²) < 4.78 is 28.5. The zero-order chi connectivity index (χ0) is 17.5. The van der Waals surface area contributed by atoms with E-state index in [0.717, 1.165) is 17.3 Å². The first-order valence-corrected chi connectivity index (χ1v) is 11.0. The van der Waals surface area contributed by atoms with Crippen LogP contribution >= 0.6 is 31.9 Å². The molecule has 5 nitrogen and oxygen atoms in total. The SMILES string of the molecule is CN(C(=O)C1CCN(S(=O)(=O)c2cc(Br)ccc2Br)CC1)C1CC1. The fourth-order valence-corrected chi connectivity index (χ4v) is 6.02. The van der Waals surface area contributed by atoms with Gasteiger partial charge in [-0.1, -0.05) is 15.9 Å². The molecule has 132 valence electrons. The number of amides is 1. The van der Waals surface area contributed by atoms with Crippen LogP contribution in [0.4, 0.5) is 0 Å². The van der Waals surface area contributed by atoms with Gasteiger partial charge in [-0.3, -0.25) is 4.79 Å². The Morgan fingerprint density at radius 2 is 1.79 bits per heavy atom. The van der Waals surface area contributed by atoms with Crippen molar-refractivity contribution in [2.75, 3.05) is 20.1 Å². The van der Waals surface area contributed by atoms with Gasteiger partial charge >= 0.3 is 0 Å². The second-order valence-corrected chi connectivity index (χ2v) is 10.1. The Morgan fingerprint density at radius 1 is 1.17 bits per heavy atom. The van der Waals surface area contributed by atoms with Crippen molar-refractivity contribution in [1.82, 2.24) is 9.21 Å². The number of carbonyl (C=O) groups excluding carboxylic acids is 1. The Bertz CT molecular complexity index is 742. The normalized spacial score (nSPS) is 20.1. The molecule has 8 heteroatoms. The number of hydrogen-bond donors (Lipinski definition) is 0. The summed E-state index contributed by atoms with van der Waals surface area (Å²) in [6.07, 6.45) is 3.35. The molecule has 1 saturated carbocycles. The summed E-state index contributed by atoms with van der Waals surface area (Å²) in [7, 11) is -1.69. The van der Waals surface area contributed by atoms with Crippen molar-refractivity contribution in [3.05, 3.63) is 27.1 Å². The molecule has 1 amide bonds. The molecule has 24 heavy (non-hydrogen) atoms. The third-order valence-electron chi connectivity index (χ3n) is 4.76. The van der Waals surface area contributed by atoms with Crippen molar-refractivity contribution in [2.24, 2.45) is 5.92 Å². The standard InChI is InChI=1S/C16H20Br2N2O3S/c1-19(13-3-4-13)16(21)11-6-8-20(9-7-11)24(22,23)15-10-12(17)2-5-14(15)18/h2,5,10-11,13H,3-4,6-9H2,1H3. The summed E-state index contributed by atoms with van der Waals surface area (Å²) in [4.78, 5) is 14.6. The van der Waals surface area contributed by atoms with E-state index in [0.29, 0.717) is 36.4 Å². The second kappa shape index (κ2) is 7.05. The number of benzene rings is 1. The van der Waals surface area contributed by atoms with Gasteiger partial charge in [-0.05, 0) is 59.8 Å². The van der Waals surface area contributed by atoms with Crippen LogP contribution in [-0.4, -0.2) is 49.7 Å². The highest BCUT2D eigenvalue weighted by molar-refractivity contribution is 9.11. The van der Waals surface area contributed by atoms with Crippen LogP contribution in [0.3, 0.4) is 0 Å². The van der Waals surface area contributed by atoms with Crippen molar-refractivity contribution in [3.8, 4) is 0 Å². The van der Waals surface area contributed by atoms with Gasteiger partial charge < -0.3 is 4.90 Å². The minimum absolute atomic E-state index is 0.0620. The van der Waals surface area contributed by atoms with Gasteiger partial charge in [0.05, 0.1) is 4.90 Å². The maximum atomic E-state index is 12.9. The van der Waals surface area contributed by atoms with Crippen LogP contribution in [0, 0.1) is 5.92 Å². The lowest BCUT2D eigenvalue weighted by Crippen LogP contribution is -2.44. The van der Waals surface area contributed by atoms with E-state index in [2.05, 4.69) is 31.9 Å². The lowest BCUT2D eigenvalue weighted by Gasteiger charge is -2.32. The number of nitrogens with zero attached hydrogens (tertiary/aromatic N) is 2. The van der Waals surface area contributed by atoms with Crippen LogP contribution in [0.15, 0.2) is 32.0 Å². The number of sulfonamides is 1. The molecule has 1 aromatic rings. The molecule has 0 bridgehead atoms. The van der Waals surface area contributed by atoms with E-state index >= 15 is 0 Å². The summed E-state index contributed by atoms with van der Waals surface area (Å²) in [6, 6.07) is 5.52. The molecule has 0 unspecified atom stereocenters. The molecule has 0 spiro atoms. The highest BCUT2D eigenvalue weighted by Crippen LogP contribution is 2.32. The number of halogens is 2. The van der Waals surface area contributed by atoms with Gasteiger partial charge in [-0.15, -0.1) is 0 Å². The van der Waals surface area contributed by atoms with E-state index in [-0.39, 0.29) is 16.7 Å². The van der Waals surface area contributed by atoms with Crippen LogP contribution < -0.4 is 0 Å². The molecule has 1 aromatic carbocycles. The largest absolute Gasteiger partial charge is 0.343 e. The first-order chi connectivity index (χ1) is 11.3. The van der Waals surface area contributed by atoms with E-state index < -0.39 is 10.0 Å². The summed E-state index contributed by atoms with van der Waals surface area (Å²) in [5.74, 6) is 0.103. The number of hydrogen-bond acceptors (Lipinski definition) is 3. The monoisotopic (exact) mass is 478 g/mol. The molecule has 1 aliphatic heterocycles. The fourth-order valence-electron chi connectivity index (χ4n) is 3.09. The topological polar surface area (TPSA) is 57.7 Å². The second-order valence-electron chi connectivity index (χ2n) is 6.43. The van der Waals surface area contributed by atoms with Gasteiger partial charge in [0.25, 0.3) is 0 Å². The molecule has 1 aliphatic carbocycles. The molecular weight excluding hydrogens is 460 g/mol. The summed E-state index contributed by atoms with van der Waals surface area (Å²) >= 11 is 6.65. The Labute approximate surface area is 159 Å². The van der Waals surface area contributed by atoms with Gasteiger partial charge in [0.1, 0.15) is 0 Å². The number of piperidine rings is 1. The first kappa shape index (κ1) is 18.4. The number of rotatable bonds is 4. The van der Waals surface area contributed by atoms with Crippen LogP contribution in [0.5, 0.6) is 0 Å². The highest BCUT2D eigenvalue weighted by Gasteiger charge is 2.37. The summed E-state index contributed by atoms with van der Waals surface area (Å²) in [5.41, 5.74) is 0. The average molecular weight is 480 g/mol. The van der Waals surface area contributed by atoms with E-state index in [1.54, 1.807) is 18.2 Å². The molecule has 0 N–H and O–H groups in total. The van der Waals surface area contributed by atoms with Gasteiger partial charge in [-0.2, -0.15) is 4.31 Å². The first-order valence-electron chi connectivity index (χ1n) is 8.02. The van der Waals surface area contributed by atoms with E-state index in [1.807, 2.05) is 11.9 Å². The molecule has 1 heterocycles. The molecule has 0 aromatic heterocycles. The van der Waals surface area contributed by atoms with E-state index in [4.69, 9.17) is 0 Å². The molecule has 0 atom stereocenters. The molecule has 2 aliphatic rings. The molecular formula is C16H20Br2N2O3S. The summed E-state index contributed by atoms with van der Waals surface area (Å²) in [6.45, 7) is 0.770. The smallest absolute Gasteiger partial charge is 0.244 e. The van der Waals surface area contributed by atoms with Gasteiger partial charge in [0.2, 0.25) is 15.9 Å². The van der Waals surface area contributed by atoms with Gasteiger partial charge in [0, 0.05) is 41.0 Å². The lowest BCUT2D eigenvalue weighted by molar-refractivity contribution is -0.135. The maximum absolute atomic E-state index is 12.9. The quantitative estimate of drug-likeness (QED) is 0.666. The maximum Gasteiger partial charge on any atom is 0.244 e. The van der Waals surface area contributed by atoms with E-state index in [9.17, 15) is 13.2 Å². The Morgan fingerprint density at radius 3 is 2.38 bits per heavy atom. The minimum atomic E-state index is -3.56. The van der Waals surface area contributed by atoms with Crippen LogP contribution in [0.25, 0.3) is 0 Å². The van der Waals surface area contributed by atoms with Crippen LogP contribution in [0.2, 0.25) is 0 Å². The predicted molar refractivity (Wildman–Crippen MR) is 99.1 cm³/mol. The van der Waals surface area contributed by atoms with Crippen molar-refractivity contribution in [1.29, 1.82) is 0 Å². The zero-order valence-corrected chi connectivity index (χ0v) is 17.4. The highest BCUT2D eigenvalue weighted by atomic mass is 79.9. The van der Waals surface area contributed by atoms with Crippen molar-refractivity contribution >= 4 is 47.8 Å². The third-order valence-corrected chi connectivity index (χ3v) is 8.14. The van der Waals surface area contributed by atoms with Crippen molar-refractivity contribution in [2.45, 2.75) is 36.6 Å². The molecule has 3 rings (SSSR count). The van der Waals surface area contributed by atoms with E-state index in [1.165, 1.54) is 4.31 Å². The predicted octanol–water partition coefficient (Wildman–Crippen LogP) is 3.23. The third kappa shape index (κ3) is 3.71. The van der Waals surface area contributed by atoms with Crippen molar-refractivity contribution < 1.29 is 13.2 Å². The Hall–Kier alpha value is -0.440. The Balaban J connectivity index is 1.69. The van der Waals surface area contributed by atoms with Gasteiger partial charge in [-0.25, -0.2) is 8.42 Å². The minimum Gasteiger partial charge on any atom is -0.343 e. The average Bonchev–Trinajstić information content (AvgIpc) is 3.40. The molecule has 1 saturated heterocycles. The zero-order valence-electron chi connectivity index (χ0n) is 13.4. The van der Waals surface area contributed by atoms with Crippen molar-refractivity contribution in [3.63, 3.8) is 0 Å². The lowest BCUT2D eigenvalue weighted by atomic mass is 9.96. The Kier molecular flexibility index (Phi) is 5.39. The molecule has 2 fully saturated rings. The van der Waals surface area contributed by atoms with Crippen LogP contribution in [0.1, 0.15) is 25.7 Å². The number of carbonyl (C=O) groups is 1. The summed E-state index contributed by atoms with van der Waals surface area (Å²) in [5, 5.41) is 0. The fraction of sp³-hybridized carbons (Fsp3) is 0.562.